The normalized spacial score (nSPS) is 15.9. The van der Waals surface area contributed by atoms with E-state index >= 15 is 0 Å². The Morgan fingerprint density at radius 3 is 1.85 bits per heavy atom. The lowest BCUT2D eigenvalue weighted by Crippen LogP contribution is -2.18. The summed E-state index contributed by atoms with van der Waals surface area (Å²) in [5.41, 5.74) is 7.91. The number of nitrogens with zero attached hydrogens (tertiary/aromatic N) is 1. The van der Waals surface area contributed by atoms with Gasteiger partial charge in [-0.05, 0) is 79.8 Å². The number of hydrogen-bond acceptors (Lipinski definition) is 0. The summed E-state index contributed by atoms with van der Waals surface area (Å²) in [7, 11) is 0. The van der Waals surface area contributed by atoms with Crippen molar-refractivity contribution in [1.82, 2.24) is 4.57 Å². The Hall–Kier alpha value is -3.84. The lowest BCUT2D eigenvalue weighted by molar-refractivity contribution is 0.593. The van der Waals surface area contributed by atoms with Crippen LogP contribution >= 0.6 is 0 Å². The molecule has 0 saturated carbocycles. The van der Waals surface area contributed by atoms with Crippen LogP contribution in [0, 0.1) is 0 Å². The highest BCUT2D eigenvalue weighted by Crippen LogP contribution is 2.45. The van der Waals surface area contributed by atoms with Crippen LogP contribution in [0.4, 0.5) is 0 Å². The van der Waals surface area contributed by atoms with Gasteiger partial charge in [-0.15, -0.1) is 0 Å². The number of benzene rings is 4. The molecule has 1 heterocycles. The van der Waals surface area contributed by atoms with Crippen molar-refractivity contribution in [3.63, 3.8) is 0 Å². The molecule has 0 amide bonds. The third kappa shape index (κ3) is 4.44. The van der Waals surface area contributed by atoms with E-state index in [1.165, 1.54) is 55.3 Å². The first-order valence-corrected chi connectivity index (χ1v) is 14.2. The van der Waals surface area contributed by atoms with Gasteiger partial charge >= 0.3 is 0 Å². The molecule has 0 radical (unpaired) electrons. The monoisotopic (exact) mass is 509 g/mol. The highest BCUT2D eigenvalue weighted by Gasteiger charge is 2.28. The number of hydrogen-bond donors (Lipinski definition) is 0. The molecule has 4 aromatic carbocycles. The molecule has 0 fully saturated rings. The van der Waals surface area contributed by atoms with Gasteiger partial charge in [-0.25, -0.2) is 0 Å². The summed E-state index contributed by atoms with van der Waals surface area (Å²) in [5, 5.41) is 5.48. The smallest absolute Gasteiger partial charge is 0.0531 e. The van der Waals surface area contributed by atoms with Crippen LogP contribution in [0.2, 0.25) is 0 Å². The molecular formula is C38H39N. The van der Waals surface area contributed by atoms with E-state index in [9.17, 15) is 0 Å². The lowest BCUT2D eigenvalue weighted by atomic mass is 9.74. The molecule has 0 saturated heterocycles. The molecular weight excluding hydrogens is 470 g/mol. The summed E-state index contributed by atoms with van der Waals surface area (Å²) in [5.74, 6) is 0.354. The van der Waals surface area contributed by atoms with Crippen LogP contribution in [-0.4, -0.2) is 4.57 Å². The largest absolute Gasteiger partial charge is 0.313 e. The molecule has 1 aliphatic rings. The van der Waals surface area contributed by atoms with Gasteiger partial charge in [0.25, 0.3) is 0 Å². The second-order valence-corrected chi connectivity index (χ2v) is 13.0. The van der Waals surface area contributed by atoms with Crippen LogP contribution in [0.3, 0.4) is 0 Å². The maximum absolute atomic E-state index is 2.50. The molecule has 1 nitrogen and oxygen atoms in total. The van der Waals surface area contributed by atoms with E-state index in [4.69, 9.17) is 0 Å². The van der Waals surface area contributed by atoms with Gasteiger partial charge in [0.15, 0.2) is 0 Å². The Balaban J connectivity index is 1.71. The first-order valence-electron chi connectivity index (χ1n) is 14.2. The third-order valence-electron chi connectivity index (χ3n) is 8.11. The topological polar surface area (TPSA) is 4.93 Å². The van der Waals surface area contributed by atoms with E-state index in [2.05, 4.69) is 155 Å². The Morgan fingerprint density at radius 1 is 0.615 bits per heavy atom. The molecule has 6 rings (SSSR count). The van der Waals surface area contributed by atoms with E-state index in [0.717, 1.165) is 6.42 Å². The molecule has 0 spiro atoms. The Labute approximate surface area is 233 Å². The minimum absolute atomic E-state index is 0.00836. The summed E-state index contributed by atoms with van der Waals surface area (Å²) >= 11 is 0. The minimum Gasteiger partial charge on any atom is -0.313 e. The minimum atomic E-state index is -0.00836. The van der Waals surface area contributed by atoms with Crippen molar-refractivity contribution in [2.45, 2.75) is 64.7 Å². The van der Waals surface area contributed by atoms with Gasteiger partial charge in [0.2, 0.25) is 0 Å². The van der Waals surface area contributed by atoms with Gasteiger partial charge in [-0.1, -0.05) is 127 Å². The van der Waals surface area contributed by atoms with Crippen LogP contribution in [-0.2, 0) is 10.8 Å². The highest BCUT2D eigenvalue weighted by molar-refractivity contribution is 6.08. The summed E-state index contributed by atoms with van der Waals surface area (Å²) < 4.78 is 2.50. The quantitative estimate of drug-likeness (QED) is 0.213. The maximum Gasteiger partial charge on any atom is 0.0531 e. The van der Waals surface area contributed by atoms with Crippen molar-refractivity contribution in [1.29, 1.82) is 0 Å². The molecule has 39 heavy (non-hydrogen) atoms. The van der Waals surface area contributed by atoms with Crippen molar-refractivity contribution in [2.75, 3.05) is 0 Å². The fraction of sp³-hybridized carbons (Fsp3) is 0.263. The van der Waals surface area contributed by atoms with Gasteiger partial charge in [0, 0.05) is 17.3 Å². The SMILES string of the molecule is CC(C)(C)c1c2ccccc2c(C(C)(C)C)c2cc(-n3c(-c4ccccc4)ccc3C3C=CC=CC3)ccc12. The molecule has 1 aliphatic carbocycles. The second-order valence-electron chi connectivity index (χ2n) is 13.0. The zero-order valence-electron chi connectivity index (χ0n) is 24.1. The molecule has 0 bridgehead atoms. The van der Waals surface area contributed by atoms with E-state index in [-0.39, 0.29) is 10.8 Å². The van der Waals surface area contributed by atoms with E-state index < -0.39 is 0 Å². The zero-order chi connectivity index (χ0) is 27.4. The molecule has 0 N–H and O–H groups in total. The number of rotatable bonds is 3. The van der Waals surface area contributed by atoms with Gasteiger partial charge in [0.1, 0.15) is 0 Å². The van der Waals surface area contributed by atoms with E-state index in [0.29, 0.717) is 5.92 Å². The van der Waals surface area contributed by atoms with Crippen LogP contribution in [0.25, 0.3) is 38.5 Å². The van der Waals surface area contributed by atoms with Gasteiger partial charge in [-0.2, -0.15) is 0 Å². The van der Waals surface area contributed by atoms with Crippen molar-refractivity contribution in [3.8, 4) is 16.9 Å². The predicted octanol–water partition coefficient (Wildman–Crippen LogP) is 10.6. The zero-order valence-corrected chi connectivity index (χ0v) is 24.1. The maximum atomic E-state index is 2.50. The molecule has 1 atom stereocenters. The van der Waals surface area contributed by atoms with Crippen molar-refractivity contribution in [2.24, 2.45) is 0 Å². The number of aromatic nitrogens is 1. The number of allylic oxidation sites excluding steroid dienone is 4. The first-order chi connectivity index (χ1) is 18.6. The predicted molar refractivity (Wildman–Crippen MR) is 169 cm³/mol. The summed E-state index contributed by atoms with van der Waals surface area (Å²) in [4.78, 5) is 0. The third-order valence-corrected chi connectivity index (χ3v) is 8.11. The van der Waals surface area contributed by atoms with Crippen molar-refractivity contribution in [3.05, 3.63) is 126 Å². The first kappa shape index (κ1) is 25.4. The van der Waals surface area contributed by atoms with E-state index in [1.54, 1.807) is 0 Å². The Morgan fingerprint density at radius 2 is 1.23 bits per heavy atom. The fourth-order valence-electron chi connectivity index (χ4n) is 6.59. The van der Waals surface area contributed by atoms with Gasteiger partial charge in [0.05, 0.1) is 5.69 Å². The average molecular weight is 510 g/mol. The standard InChI is InChI=1S/C38H39N/c1-37(2,3)35-29-19-13-14-20-30(29)36(38(4,5)6)32-25-28(21-22-31(32)35)39-33(26-15-9-7-10-16-26)23-24-34(39)27-17-11-8-12-18-27/h7-17,19-25,27H,18H2,1-6H3. The van der Waals surface area contributed by atoms with Gasteiger partial charge in [-0.3, -0.25) is 0 Å². The Bertz CT molecular complexity index is 1730. The number of fused-ring (bicyclic) bond motifs is 2. The van der Waals surface area contributed by atoms with Crippen LogP contribution < -0.4 is 0 Å². The van der Waals surface area contributed by atoms with Crippen LogP contribution in [0.5, 0.6) is 0 Å². The average Bonchev–Trinajstić information content (AvgIpc) is 3.36. The molecule has 1 unspecified atom stereocenters. The van der Waals surface area contributed by atoms with Crippen molar-refractivity contribution < 1.29 is 0 Å². The highest BCUT2D eigenvalue weighted by atomic mass is 15.0. The second kappa shape index (κ2) is 9.42. The van der Waals surface area contributed by atoms with Crippen molar-refractivity contribution >= 4 is 21.5 Å². The van der Waals surface area contributed by atoms with Crippen LogP contribution in [0.1, 0.15) is 70.7 Å². The molecule has 196 valence electrons. The molecule has 1 aromatic heterocycles. The summed E-state index contributed by atoms with van der Waals surface area (Å²) in [6, 6.07) is 31.7. The fourth-order valence-corrected chi connectivity index (χ4v) is 6.59. The summed E-state index contributed by atoms with van der Waals surface area (Å²) in [6.45, 7) is 14.1. The molecule has 5 aromatic rings. The molecule has 0 aliphatic heterocycles. The Kier molecular flexibility index (Phi) is 6.14. The van der Waals surface area contributed by atoms with E-state index in [1.807, 2.05) is 0 Å². The van der Waals surface area contributed by atoms with Crippen LogP contribution in [0.15, 0.2) is 109 Å². The van der Waals surface area contributed by atoms with Gasteiger partial charge < -0.3 is 4.57 Å². The molecule has 1 heteroatoms. The lowest BCUT2D eigenvalue weighted by Gasteiger charge is -2.31. The summed E-state index contributed by atoms with van der Waals surface area (Å²) in [6.07, 6.45) is 9.99.